The van der Waals surface area contributed by atoms with Crippen molar-refractivity contribution in [2.75, 3.05) is 5.32 Å². The van der Waals surface area contributed by atoms with Crippen molar-refractivity contribution in [1.29, 1.82) is 0 Å². The maximum absolute atomic E-state index is 12.7. The Hall–Kier alpha value is -1.05. The highest BCUT2D eigenvalue weighted by molar-refractivity contribution is 8.29. The van der Waals surface area contributed by atoms with E-state index in [1.165, 1.54) is 0 Å². The fraction of sp³-hybridized carbons (Fsp3) is 0.750. The number of aromatic nitrogens is 1. The van der Waals surface area contributed by atoms with Gasteiger partial charge in [0.25, 0.3) is 0 Å². The number of rotatable bonds is 4. The molecule has 0 saturated heterocycles. The molecule has 1 aromatic heterocycles. The highest BCUT2D eigenvalue weighted by Crippen LogP contribution is 2.57. The van der Waals surface area contributed by atoms with Gasteiger partial charge in [-0.1, -0.05) is 49.3 Å². The van der Waals surface area contributed by atoms with Gasteiger partial charge in [-0.15, -0.1) is 0 Å². The summed E-state index contributed by atoms with van der Waals surface area (Å²) in [6.45, 7) is 9.46. The Morgan fingerprint density at radius 1 is 1.35 bits per heavy atom. The van der Waals surface area contributed by atoms with E-state index in [4.69, 9.17) is 9.66 Å². The van der Waals surface area contributed by atoms with Crippen molar-refractivity contribution < 1.29 is 13.9 Å². The molecule has 1 fully saturated rings. The lowest BCUT2D eigenvalue weighted by atomic mass is 9.92. The van der Waals surface area contributed by atoms with Crippen molar-refractivity contribution in [3.63, 3.8) is 0 Å². The van der Waals surface area contributed by atoms with E-state index in [2.05, 4.69) is 10.5 Å². The van der Waals surface area contributed by atoms with E-state index in [0.717, 1.165) is 31.4 Å². The molecule has 1 saturated carbocycles. The Morgan fingerprint density at radius 2 is 1.91 bits per heavy atom. The van der Waals surface area contributed by atoms with Crippen LogP contribution in [0.1, 0.15) is 66.0 Å². The minimum atomic E-state index is -2.55. The molecule has 1 heterocycles. The summed E-state index contributed by atoms with van der Waals surface area (Å²) < 4.78 is 15.0. The molecule has 0 bridgehead atoms. The number of nitrogens with two attached hydrogens (primary N) is 1. The van der Waals surface area contributed by atoms with E-state index in [9.17, 15) is 9.35 Å². The van der Waals surface area contributed by atoms with Crippen LogP contribution in [0.25, 0.3) is 0 Å². The van der Waals surface area contributed by atoms with Crippen molar-refractivity contribution in [2.24, 2.45) is 5.14 Å². The molecule has 0 aromatic carbocycles. The SMILES string of the molecule is CC(C)(C)c1cc(NC(=O)C(C)(C)S(N)(O)C2CCCC2)on1. The van der Waals surface area contributed by atoms with Crippen LogP contribution in [0.3, 0.4) is 0 Å². The second-order valence-electron chi connectivity index (χ2n) is 7.87. The Morgan fingerprint density at radius 3 is 2.39 bits per heavy atom. The zero-order valence-electron chi connectivity index (χ0n) is 14.7. The molecule has 1 aliphatic carbocycles. The molecule has 132 valence electrons. The molecule has 0 radical (unpaired) electrons. The number of hydrogen-bond acceptors (Lipinski definition) is 5. The maximum Gasteiger partial charge on any atom is 0.244 e. The third kappa shape index (κ3) is 3.56. The molecule has 23 heavy (non-hydrogen) atoms. The summed E-state index contributed by atoms with van der Waals surface area (Å²) in [6.07, 6.45) is 3.89. The molecule has 7 heteroatoms. The first-order valence-corrected chi connectivity index (χ1v) is 9.78. The number of nitrogens with one attached hydrogen (secondary N) is 1. The number of anilines is 1. The van der Waals surface area contributed by atoms with Crippen molar-refractivity contribution in [2.45, 2.75) is 75.7 Å². The highest BCUT2D eigenvalue weighted by atomic mass is 32.3. The van der Waals surface area contributed by atoms with Gasteiger partial charge in [0.1, 0.15) is 4.75 Å². The lowest BCUT2D eigenvalue weighted by Crippen LogP contribution is -2.48. The van der Waals surface area contributed by atoms with Gasteiger partial charge in [-0.05, 0) is 26.7 Å². The van der Waals surface area contributed by atoms with Gasteiger partial charge < -0.3 is 9.08 Å². The normalized spacial score (nSPS) is 21.0. The van der Waals surface area contributed by atoms with Crippen LogP contribution >= 0.6 is 10.5 Å². The number of hydrogen-bond donors (Lipinski definition) is 3. The molecule has 0 aliphatic heterocycles. The van der Waals surface area contributed by atoms with E-state index in [1.807, 2.05) is 20.8 Å². The van der Waals surface area contributed by atoms with Crippen LogP contribution in [0, 0.1) is 0 Å². The molecule has 6 nitrogen and oxygen atoms in total. The first kappa shape index (κ1) is 18.3. The zero-order chi connectivity index (χ0) is 17.5. The lowest BCUT2D eigenvalue weighted by molar-refractivity contribution is -0.118. The van der Waals surface area contributed by atoms with Gasteiger partial charge in [-0.3, -0.25) is 15.3 Å². The van der Waals surface area contributed by atoms with Gasteiger partial charge >= 0.3 is 0 Å². The Kier molecular flexibility index (Phi) is 4.86. The fourth-order valence-corrected chi connectivity index (χ4v) is 5.00. The molecule has 1 amide bonds. The zero-order valence-corrected chi connectivity index (χ0v) is 15.5. The third-order valence-corrected chi connectivity index (χ3v) is 8.00. The van der Waals surface area contributed by atoms with Gasteiger partial charge in [0.15, 0.2) is 0 Å². The summed E-state index contributed by atoms with van der Waals surface area (Å²) in [6, 6.07) is 1.72. The average Bonchev–Trinajstić information content (AvgIpc) is 3.08. The molecule has 4 N–H and O–H groups in total. The summed E-state index contributed by atoms with van der Waals surface area (Å²) >= 11 is 0. The summed E-state index contributed by atoms with van der Waals surface area (Å²) in [5.74, 6) is -0.0457. The molecule has 1 unspecified atom stereocenters. The first-order chi connectivity index (χ1) is 10.5. The summed E-state index contributed by atoms with van der Waals surface area (Å²) in [5.41, 5.74) is 0.600. The van der Waals surface area contributed by atoms with Crippen molar-refractivity contribution in [3.05, 3.63) is 11.8 Å². The van der Waals surface area contributed by atoms with Crippen molar-refractivity contribution in [1.82, 2.24) is 5.16 Å². The number of amides is 1. The Bertz CT molecular complexity index is 569. The molecule has 2 rings (SSSR count). The van der Waals surface area contributed by atoms with Crippen LogP contribution in [0.2, 0.25) is 0 Å². The van der Waals surface area contributed by atoms with Gasteiger partial charge in [-0.2, -0.15) is 0 Å². The standard InChI is InChI=1S/C16H29N3O3S/c1-15(2,3)12-10-13(22-19-12)18-14(20)16(4,5)23(17,21)11-8-6-7-9-11/h10-11,21H,6-9,17H2,1-5H3,(H,18,20). The smallest absolute Gasteiger partial charge is 0.244 e. The predicted molar refractivity (Wildman–Crippen MR) is 94.6 cm³/mol. The van der Waals surface area contributed by atoms with Crippen LogP contribution in [-0.2, 0) is 10.2 Å². The Balaban J connectivity index is 2.13. The number of carbonyl (C=O) groups excluding carboxylic acids is 1. The minimum absolute atomic E-state index is 0.0168. The maximum atomic E-state index is 12.7. The van der Waals surface area contributed by atoms with Crippen LogP contribution in [-0.4, -0.2) is 25.6 Å². The molecule has 1 atom stereocenters. The monoisotopic (exact) mass is 343 g/mol. The first-order valence-electron chi connectivity index (χ1n) is 8.07. The molecule has 1 aromatic rings. The molecular formula is C16H29N3O3S. The second kappa shape index (κ2) is 6.11. The van der Waals surface area contributed by atoms with Gasteiger partial charge in [0, 0.05) is 16.7 Å². The average molecular weight is 343 g/mol. The van der Waals surface area contributed by atoms with Crippen LogP contribution in [0.15, 0.2) is 10.6 Å². The lowest BCUT2D eigenvalue weighted by Gasteiger charge is -2.46. The van der Waals surface area contributed by atoms with Crippen molar-refractivity contribution >= 4 is 22.3 Å². The van der Waals surface area contributed by atoms with Crippen LogP contribution in [0.5, 0.6) is 0 Å². The summed E-state index contributed by atoms with van der Waals surface area (Å²) in [5, 5.41) is 13.0. The summed E-state index contributed by atoms with van der Waals surface area (Å²) in [4.78, 5) is 12.7. The van der Waals surface area contributed by atoms with Crippen LogP contribution in [0.4, 0.5) is 5.88 Å². The highest BCUT2D eigenvalue weighted by Gasteiger charge is 2.48. The van der Waals surface area contributed by atoms with E-state index < -0.39 is 15.2 Å². The molecule has 1 aliphatic rings. The second-order valence-corrected chi connectivity index (χ2v) is 10.9. The largest absolute Gasteiger partial charge is 0.338 e. The topological polar surface area (TPSA) is 101 Å². The van der Waals surface area contributed by atoms with Crippen LogP contribution < -0.4 is 10.5 Å². The van der Waals surface area contributed by atoms with Crippen molar-refractivity contribution in [3.8, 4) is 0 Å². The Labute approximate surface area is 139 Å². The third-order valence-electron chi connectivity index (χ3n) is 4.69. The van der Waals surface area contributed by atoms with Gasteiger partial charge in [-0.25, -0.2) is 0 Å². The fourth-order valence-electron chi connectivity index (χ4n) is 2.76. The predicted octanol–water partition coefficient (Wildman–Crippen LogP) is 3.78. The summed E-state index contributed by atoms with van der Waals surface area (Å²) in [7, 11) is -2.55. The van der Waals surface area contributed by atoms with E-state index >= 15 is 0 Å². The van der Waals surface area contributed by atoms with E-state index in [-0.39, 0.29) is 22.5 Å². The van der Waals surface area contributed by atoms with Gasteiger partial charge in [0.2, 0.25) is 11.8 Å². The molecule has 0 spiro atoms. The molecular weight excluding hydrogens is 314 g/mol. The number of carbonyl (C=O) groups is 1. The van der Waals surface area contributed by atoms with E-state index in [0.29, 0.717) is 0 Å². The quantitative estimate of drug-likeness (QED) is 0.772. The van der Waals surface area contributed by atoms with Gasteiger partial charge in [0.05, 0.1) is 5.69 Å². The van der Waals surface area contributed by atoms with E-state index in [1.54, 1.807) is 19.9 Å². The minimum Gasteiger partial charge on any atom is -0.338 e. The number of nitrogens with zero attached hydrogens (tertiary/aromatic N) is 1.